The quantitative estimate of drug-likeness (QED) is 0.0853. The highest BCUT2D eigenvalue weighted by Crippen LogP contribution is 2.54. The molecule has 0 aromatic heterocycles. The van der Waals surface area contributed by atoms with Crippen LogP contribution in [0.4, 0.5) is 0 Å². The van der Waals surface area contributed by atoms with Crippen molar-refractivity contribution in [3.05, 3.63) is 0 Å². The molecule has 64 heavy (non-hydrogen) atoms. The Kier molecular flexibility index (Phi) is 32.4. The lowest BCUT2D eigenvalue weighted by Crippen LogP contribution is -3.12. The first-order chi connectivity index (χ1) is 30.5. The minimum Gasteiger partial charge on any atom is -0.396 e. The molecule has 0 bridgehead atoms. The molecule has 0 atom stereocenters. The van der Waals surface area contributed by atoms with E-state index >= 15 is 0 Å². The molecule has 388 valence electrons. The van der Waals surface area contributed by atoms with Gasteiger partial charge < -0.3 is 106 Å². The second-order valence-electron chi connectivity index (χ2n) is 12.2. The lowest BCUT2D eigenvalue weighted by atomic mass is 10.9. The van der Waals surface area contributed by atoms with Crippen LogP contribution in [0, 0.1) is 0 Å². The summed E-state index contributed by atoms with van der Waals surface area (Å²) in [5, 5.41) is 0. The van der Waals surface area contributed by atoms with Gasteiger partial charge in [-0.05, 0) is 41.5 Å². The van der Waals surface area contributed by atoms with Crippen molar-refractivity contribution in [3.8, 4) is 0 Å². The van der Waals surface area contributed by atoms with E-state index in [0.717, 1.165) is 0 Å². The zero-order valence-corrected chi connectivity index (χ0v) is 53.0. The molecular weight excluding hydrogens is 1030 g/mol. The predicted octanol–water partition coefficient (Wildman–Crippen LogP) is 0.863. The Morgan fingerprint density at radius 1 is 0.203 bits per heavy atom. The molecule has 24 nitrogen and oxygen atoms in total. The van der Waals surface area contributed by atoms with E-state index < -0.39 is 78.9 Å². The van der Waals surface area contributed by atoms with Crippen molar-refractivity contribution in [1.82, 2.24) is 0 Å². The average Bonchev–Trinajstić information content (AvgIpc) is 3.33. The third kappa shape index (κ3) is 10.7. The molecule has 0 aromatic rings. The van der Waals surface area contributed by atoms with Gasteiger partial charge in [0.25, 0.3) is 0 Å². The lowest BCUT2D eigenvalue weighted by molar-refractivity contribution is 0.0224. The molecule has 1 heterocycles. The summed E-state index contributed by atoms with van der Waals surface area (Å²) in [7, 11) is -8.00. The van der Waals surface area contributed by atoms with Crippen LogP contribution in [0.3, 0.4) is 0 Å². The molecule has 0 spiro atoms. The fourth-order valence-electron chi connectivity index (χ4n) is 8.20. The van der Waals surface area contributed by atoms with Gasteiger partial charge >= 0.3 is 78.9 Å². The molecule has 1 rings (SSSR count). The second kappa shape index (κ2) is 30.8. The van der Waals surface area contributed by atoms with E-state index in [9.17, 15) is 0 Å². The van der Waals surface area contributed by atoms with Gasteiger partial charge in [-0.25, -0.2) is 0 Å². The van der Waals surface area contributed by atoms with Crippen LogP contribution in [0.1, 0.15) is 41.5 Å². The smallest absolute Gasteiger partial charge is 0.396 e. The largest absolute Gasteiger partial charge is 0.577 e. The van der Waals surface area contributed by atoms with Crippen molar-refractivity contribution in [2.24, 2.45) is 0 Å². The first kappa shape index (κ1) is 67.3. The van der Waals surface area contributed by atoms with E-state index in [4.69, 9.17) is 106 Å². The minimum absolute atomic E-state index is 0.466. The summed E-state index contributed by atoms with van der Waals surface area (Å²) >= 11 is 0. The SMILES string of the molecule is CCO[Si](OCC)(OCC)[Si](OCC)(OCC)OCC.CO[Si](OC)(OC)[Si](OC)(OC)OC.CO[Si]1(OC)[Si](OC)(OC)[Si](OC)(OC)[Si](OC)(OC)[Si](OC)(OC)[Si]1(OC)OC. The van der Waals surface area contributed by atoms with Crippen LogP contribution in [0.2, 0.25) is 0 Å². The fraction of sp³-hybridized carbons (Fsp3) is 1.00. The summed E-state index contributed by atoms with van der Waals surface area (Å²) in [5.41, 5.74) is 0. The highest BCUT2D eigenvalue weighted by atomic mass is 30.2. The third-order valence-electron chi connectivity index (χ3n) is 10.4. The minimum atomic E-state index is -3.78. The monoisotopic (exact) mass is 1110 g/mol. The van der Waals surface area contributed by atoms with Crippen molar-refractivity contribution in [3.63, 3.8) is 0 Å². The van der Waals surface area contributed by atoms with E-state index in [1.165, 1.54) is 128 Å². The van der Waals surface area contributed by atoms with Gasteiger partial charge in [-0.1, -0.05) is 0 Å². The standard InChI is InChI=1S/C12H36O12Si6.C12H30O6Si2.C6H18O6Si2/c1-13-25(14-2)26(15-3,16-4)28(19-7,20-8)30(23-11,24-12)29(21-9,22-10)27(25,17-5)18-6;1-7-13-19(14-8-2,15-9-3)20(16-10-4,17-11-5)18-12-6;1-7-13(8-2,9-3)14(10-4,11-5)12-6/h1-12H3;7-12H2,1-6H3;1-6H3. The number of rotatable bonds is 32. The fourth-order valence-corrected chi connectivity index (χ4v) is 181. The first-order valence-electron chi connectivity index (χ1n) is 20.2. The maximum atomic E-state index is 6.22. The highest BCUT2D eigenvalue weighted by Gasteiger charge is 3.08. The van der Waals surface area contributed by atoms with Crippen molar-refractivity contribution >= 4 is 78.9 Å². The summed E-state index contributed by atoms with van der Waals surface area (Å²) in [5.74, 6) is 0. The molecule has 0 saturated carbocycles. The summed E-state index contributed by atoms with van der Waals surface area (Å²) in [6.07, 6.45) is 0. The van der Waals surface area contributed by atoms with Crippen molar-refractivity contribution in [2.45, 2.75) is 41.5 Å². The molecule has 0 amide bonds. The lowest BCUT2D eigenvalue weighted by Gasteiger charge is -2.64. The van der Waals surface area contributed by atoms with E-state index in [0.29, 0.717) is 39.6 Å². The summed E-state index contributed by atoms with van der Waals surface area (Å²) in [4.78, 5) is 0. The topological polar surface area (TPSA) is 222 Å². The maximum absolute atomic E-state index is 6.22. The second-order valence-corrected chi connectivity index (χ2v) is 73.2. The Hall–Kier alpha value is 1.21. The Bertz CT molecular complexity index is 969. The van der Waals surface area contributed by atoms with Crippen molar-refractivity contribution in [2.75, 3.05) is 168 Å². The summed E-state index contributed by atoms with van der Waals surface area (Å²) in [6, 6.07) is 0. The molecule has 0 radical (unpaired) electrons. The van der Waals surface area contributed by atoms with Gasteiger partial charge in [0.15, 0.2) is 0 Å². The van der Waals surface area contributed by atoms with E-state index in [1.54, 1.807) is 0 Å². The maximum Gasteiger partial charge on any atom is 0.577 e. The van der Waals surface area contributed by atoms with Gasteiger partial charge in [0.05, 0.1) is 0 Å². The summed E-state index contributed by atoms with van der Waals surface area (Å²) in [6.45, 7) is 14.2. The zero-order chi connectivity index (χ0) is 50.2. The molecule has 0 unspecified atom stereocenters. The molecular formula is C30H84O24Si10. The average molecular weight is 1110 g/mol. The van der Waals surface area contributed by atoms with Gasteiger partial charge in [-0.3, -0.25) is 0 Å². The van der Waals surface area contributed by atoms with E-state index in [-0.39, 0.29) is 0 Å². The van der Waals surface area contributed by atoms with E-state index in [2.05, 4.69) is 0 Å². The van der Waals surface area contributed by atoms with Gasteiger partial charge in [0, 0.05) is 168 Å². The van der Waals surface area contributed by atoms with Crippen LogP contribution in [0.5, 0.6) is 0 Å². The molecule has 0 N–H and O–H groups in total. The van der Waals surface area contributed by atoms with Gasteiger partial charge in [-0.15, -0.1) is 0 Å². The molecule has 1 fully saturated rings. The van der Waals surface area contributed by atoms with Crippen molar-refractivity contribution in [1.29, 1.82) is 0 Å². The Labute approximate surface area is 392 Å². The van der Waals surface area contributed by atoms with Crippen molar-refractivity contribution < 1.29 is 106 Å². The molecule has 0 aromatic carbocycles. The number of hydrogen-bond acceptors (Lipinski definition) is 24. The van der Waals surface area contributed by atoms with Crippen LogP contribution < -0.4 is 0 Å². The third-order valence-corrected chi connectivity index (χ3v) is 121. The highest BCUT2D eigenvalue weighted by molar-refractivity contribution is 8.06. The van der Waals surface area contributed by atoms with Gasteiger partial charge in [-0.2, -0.15) is 0 Å². The normalized spacial score (nSPS) is 18.8. The molecule has 1 saturated heterocycles. The first-order valence-corrected chi connectivity index (χ1v) is 46.0. The Balaban J connectivity index is 0. The van der Waals surface area contributed by atoms with E-state index in [1.807, 2.05) is 41.5 Å². The van der Waals surface area contributed by atoms with Gasteiger partial charge in [0.1, 0.15) is 0 Å². The predicted molar refractivity (Wildman–Crippen MR) is 253 cm³/mol. The summed E-state index contributed by atoms with van der Waals surface area (Å²) < 4.78 is 142. The van der Waals surface area contributed by atoms with Crippen LogP contribution in [-0.4, -0.2) is 246 Å². The zero-order valence-electron chi connectivity index (χ0n) is 43.0. The molecule has 1 aliphatic heterocycles. The molecule has 1 aliphatic rings. The van der Waals surface area contributed by atoms with Gasteiger partial charge in [0.2, 0.25) is 0 Å². The molecule has 34 heteroatoms. The van der Waals surface area contributed by atoms with Crippen LogP contribution in [0.15, 0.2) is 0 Å². The number of hydrogen-bond donors (Lipinski definition) is 0. The molecule has 0 aliphatic carbocycles. The van der Waals surface area contributed by atoms with Crippen LogP contribution in [0.25, 0.3) is 0 Å². The van der Waals surface area contributed by atoms with Crippen LogP contribution >= 0.6 is 0 Å². The Morgan fingerprint density at radius 3 is 0.375 bits per heavy atom. The Morgan fingerprint density at radius 2 is 0.312 bits per heavy atom. The van der Waals surface area contributed by atoms with Crippen LogP contribution in [-0.2, 0) is 106 Å².